The van der Waals surface area contributed by atoms with Crippen LogP contribution < -0.4 is 5.73 Å². The summed E-state index contributed by atoms with van der Waals surface area (Å²) in [5, 5.41) is 9.04. The molecule has 0 aliphatic heterocycles. The number of aliphatic hydroxyl groups excluding tert-OH is 1. The molecule has 0 saturated carbocycles. The normalized spacial score (nSPS) is 23.5. The van der Waals surface area contributed by atoms with Gasteiger partial charge in [-0.05, 0) is 0 Å². The van der Waals surface area contributed by atoms with Gasteiger partial charge in [-0.1, -0.05) is 0 Å². The van der Waals surface area contributed by atoms with Gasteiger partial charge in [-0.15, -0.1) is 12.4 Å². The molecule has 0 spiro atoms. The van der Waals surface area contributed by atoms with Crippen LogP contribution in [0.15, 0.2) is 23.6 Å². The van der Waals surface area contributed by atoms with Gasteiger partial charge in [0.15, 0.2) is 0 Å². The molecule has 1 rings (SSSR count). The van der Waals surface area contributed by atoms with E-state index in [1.165, 1.54) is 0 Å². The first-order valence-electron chi connectivity index (χ1n) is 2.93. The molecule has 0 amide bonds. The summed E-state index contributed by atoms with van der Waals surface area (Å²) in [6.07, 6.45) is 4.46. The zero-order chi connectivity index (χ0) is 7.56. The average Bonchev–Trinajstić information content (AvgIpc) is 1.95. The third-order valence-corrected chi connectivity index (χ3v) is 4.09. The van der Waals surface area contributed by atoms with Crippen molar-refractivity contribution in [3.63, 3.8) is 0 Å². The van der Waals surface area contributed by atoms with Crippen LogP contribution in [-0.2, 0) is 0 Å². The molecule has 0 radical (unpaired) electrons. The zero-order valence-corrected chi connectivity index (χ0v) is 9.24. The van der Waals surface area contributed by atoms with Gasteiger partial charge in [0.2, 0.25) is 0 Å². The molecule has 1 aliphatic carbocycles. The van der Waals surface area contributed by atoms with Crippen molar-refractivity contribution in [1.29, 1.82) is 0 Å². The van der Waals surface area contributed by atoms with Gasteiger partial charge in [0.1, 0.15) is 0 Å². The molecule has 0 aromatic carbocycles. The Morgan fingerprint density at radius 1 is 1.73 bits per heavy atom. The van der Waals surface area contributed by atoms with Crippen LogP contribution in [0.4, 0.5) is 0 Å². The third-order valence-electron chi connectivity index (χ3n) is 1.36. The second kappa shape index (κ2) is 4.91. The number of hydrogen-bond acceptors (Lipinski definition) is 3. The Hall–Kier alpha value is 0.148. The van der Waals surface area contributed by atoms with Gasteiger partial charge in [0, 0.05) is 0 Å². The van der Waals surface area contributed by atoms with E-state index in [1.807, 2.05) is 6.08 Å². The third kappa shape index (κ3) is 2.94. The molecule has 0 aromatic rings. The van der Waals surface area contributed by atoms with E-state index in [-0.39, 0.29) is 32.2 Å². The molecule has 62 valence electrons. The number of hydrogen-bond donors (Lipinski definition) is 2. The van der Waals surface area contributed by atoms with Gasteiger partial charge in [-0.3, -0.25) is 0 Å². The Bertz CT molecular complexity index is 217. The molecule has 0 aromatic heterocycles. The quantitative estimate of drug-likeness (QED) is 0.699. The fourth-order valence-electron chi connectivity index (χ4n) is 0.784. The van der Waals surface area contributed by atoms with E-state index in [2.05, 4.69) is 0 Å². The molecular formula is C6H9AsClNOS. The van der Waals surface area contributed by atoms with Crippen molar-refractivity contribution in [2.75, 3.05) is 0 Å². The summed E-state index contributed by atoms with van der Waals surface area (Å²) in [5.41, 5.74) is 5.94. The summed E-state index contributed by atoms with van der Waals surface area (Å²) in [6, 6.07) is 0. The van der Waals surface area contributed by atoms with E-state index >= 15 is 0 Å². The van der Waals surface area contributed by atoms with Crippen LogP contribution in [0.25, 0.3) is 0 Å². The van der Waals surface area contributed by atoms with E-state index in [4.69, 9.17) is 21.2 Å². The predicted molar refractivity (Wildman–Crippen MR) is 51.9 cm³/mol. The van der Waals surface area contributed by atoms with Crippen molar-refractivity contribution in [2.24, 2.45) is 5.73 Å². The van der Waals surface area contributed by atoms with Crippen molar-refractivity contribution in [2.45, 2.75) is 11.1 Å². The van der Waals surface area contributed by atoms with Crippen LogP contribution in [0, 0.1) is 0 Å². The second-order valence-corrected chi connectivity index (χ2v) is 5.05. The summed E-state index contributed by atoms with van der Waals surface area (Å²) in [6.45, 7) is 0. The van der Waals surface area contributed by atoms with Crippen LogP contribution in [0.3, 0.4) is 0 Å². The molecule has 1 aliphatic rings. The minimum atomic E-state index is -0.0620. The van der Waals surface area contributed by atoms with E-state index in [0.29, 0.717) is 10.4 Å². The zero-order valence-electron chi connectivity index (χ0n) is 5.73. The summed E-state index contributed by atoms with van der Waals surface area (Å²) in [7, 11) is 4.95. The molecule has 0 heterocycles. The standard InChI is InChI=1S/C6H8AsNOS.ClH/c8-5-3-4(7-10)1-2-6(5)9;/h2-4,9H,1,8H2;1H. The van der Waals surface area contributed by atoms with Crippen LogP contribution in [-0.4, -0.2) is 19.2 Å². The van der Waals surface area contributed by atoms with Gasteiger partial charge >= 0.3 is 70.0 Å². The monoisotopic (exact) mass is 253 g/mol. The molecule has 1 unspecified atom stereocenters. The summed E-state index contributed by atoms with van der Waals surface area (Å²) in [5.74, 6) is 0.209. The number of halogens is 1. The van der Waals surface area contributed by atoms with Crippen molar-refractivity contribution in [3.05, 3.63) is 23.6 Å². The molecule has 1 atom stereocenters. The molecule has 0 bridgehead atoms. The van der Waals surface area contributed by atoms with E-state index in [0.717, 1.165) is 6.42 Å². The molecule has 2 nitrogen and oxygen atoms in total. The Labute approximate surface area is 82.4 Å². The summed E-state index contributed by atoms with van der Waals surface area (Å²) < 4.78 is 0.433. The first kappa shape index (κ1) is 11.1. The summed E-state index contributed by atoms with van der Waals surface area (Å²) in [4.78, 5) is 0. The maximum absolute atomic E-state index is 9.04. The van der Waals surface area contributed by atoms with E-state index in [9.17, 15) is 0 Å². The van der Waals surface area contributed by atoms with Crippen molar-refractivity contribution in [3.8, 4) is 0 Å². The molecule has 3 N–H and O–H groups in total. The second-order valence-electron chi connectivity index (χ2n) is 2.12. The van der Waals surface area contributed by atoms with Crippen LogP contribution in [0.2, 0.25) is 4.71 Å². The Balaban J connectivity index is 0.000001000. The molecule has 0 fully saturated rings. The van der Waals surface area contributed by atoms with Crippen molar-refractivity contribution in [1.82, 2.24) is 0 Å². The molecular weight excluding hydrogens is 245 g/mol. The van der Waals surface area contributed by atoms with Crippen molar-refractivity contribution < 1.29 is 5.11 Å². The Morgan fingerprint density at radius 3 is 2.82 bits per heavy atom. The van der Waals surface area contributed by atoms with E-state index < -0.39 is 0 Å². The number of rotatable bonds is 1. The molecule has 0 saturated heterocycles. The van der Waals surface area contributed by atoms with Gasteiger partial charge in [0.25, 0.3) is 0 Å². The fourth-order valence-corrected chi connectivity index (χ4v) is 2.41. The summed E-state index contributed by atoms with van der Waals surface area (Å²) >= 11 is -0.0620. The van der Waals surface area contributed by atoms with Crippen molar-refractivity contribution >= 4 is 36.9 Å². The van der Waals surface area contributed by atoms with Crippen LogP contribution in [0.1, 0.15) is 6.42 Å². The van der Waals surface area contributed by atoms with Crippen LogP contribution >= 0.6 is 22.8 Å². The van der Waals surface area contributed by atoms with Gasteiger partial charge in [-0.25, -0.2) is 0 Å². The topological polar surface area (TPSA) is 46.2 Å². The SMILES string of the molecule is Cl.NC1=CC([As]=S)CC=C1O. The number of allylic oxidation sites excluding steroid dienone is 2. The van der Waals surface area contributed by atoms with Crippen LogP contribution in [0.5, 0.6) is 0 Å². The average molecular weight is 254 g/mol. The van der Waals surface area contributed by atoms with Gasteiger partial charge in [-0.2, -0.15) is 0 Å². The predicted octanol–water partition coefficient (Wildman–Crippen LogP) is 1.70. The molecule has 11 heavy (non-hydrogen) atoms. The number of nitrogens with two attached hydrogens (primary N) is 1. The first-order chi connectivity index (χ1) is 4.74. The van der Waals surface area contributed by atoms with E-state index in [1.54, 1.807) is 6.08 Å². The molecule has 5 heteroatoms. The Kier molecular flexibility index (Phi) is 4.98. The maximum atomic E-state index is 9.04. The minimum absolute atomic E-state index is 0. The van der Waals surface area contributed by atoms with Gasteiger partial charge in [0.05, 0.1) is 0 Å². The Morgan fingerprint density at radius 2 is 2.36 bits per heavy atom. The number of aliphatic hydroxyl groups is 1. The fraction of sp³-hybridized carbons (Fsp3) is 0.333. The van der Waals surface area contributed by atoms with Gasteiger partial charge < -0.3 is 0 Å². The first-order valence-corrected chi connectivity index (χ1v) is 6.68.